The van der Waals surface area contributed by atoms with E-state index in [4.69, 9.17) is 9.47 Å². The van der Waals surface area contributed by atoms with E-state index in [2.05, 4.69) is 10.3 Å². The minimum Gasteiger partial charge on any atom is -0.493 e. The topological polar surface area (TPSA) is 104 Å². The lowest BCUT2D eigenvalue weighted by atomic mass is 10.1. The van der Waals surface area contributed by atoms with Crippen LogP contribution in [0.3, 0.4) is 0 Å². The van der Waals surface area contributed by atoms with Crippen molar-refractivity contribution in [3.05, 3.63) is 38.9 Å². The molecule has 0 saturated carbocycles. The van der Waals surface area contributed by atoms with Gasteiger partial charge in [0.25, 0.3) is 11.6 Å². The maximum absolute atomic E-state index is 12.3. The molecule has 0 atom stereocenters. The first-order valence-corrected chi connectivity index (χ1v) is 7.57. The van der Waals surface area contributed by atoms with Gasteiger partial charge in [0.05, 0.1) is 30.4 Å². The number of ether oxygens (including phenoxy) is 2. The molecule has 0 aliphatic heterocycles. The van der Waals surface area contributed by atoms with Crippen LogP contribution in [0.2, 0.25) is 0 Å². The first kappa shape index (κ1) is 16.7. The third-order valence-corrected chi connectivity index (χ3v) is 3.74. The molecule has 0 bridgehead atoms. The number of carbonyl (C=O) groups is 1. The van der Waals surface area contributed by atoms with Crippen molar-refractivity contribution in [3.63, 3.8) is 0 Å². The molecule has 2 aromatic rings. The number of aromatic nitrogens is 1. The standard InChI is InChI=1S/C14H15N3O5S/c1-4-22-12-6-10(17(19)20)9(5-11(12)21-3)13(18)16-14-15-8(2)7-23-14/h5-7H,4H2,1-3H3,(H,15,16,18). The summed E-state index contributed by atoms with van der Waals surface area (Å²) in [6.45, 7) is 3.85. The number of nitro groups is 1. The zero-order valence-corrected chi connectivity index (χ0v) is 13.6. The van der Waals surface area contributed by atoms with Crippen LogP contribution in [0.15, 0.2) is 17.5 Å². The second-order valence-corrected chi connectivity index (χ2v) is 5.32. The summed E-state index contributed by atoms with van der Waals surface area (Å²) in [4.78, 5) is 27.1. The summed E-state index contributed by atoms with van der Waals surface area (Å²) in [6.07, 6.45) is 0. The van der Waals surface area contributed by atoms with Gasteiger partial charge in [-0.1, -0.05) is 0 Å². The van der Waals surface area contributed by atoms with E-state index >= 15 is 0 Å². The molecule has 0 aliphatic rings. The molecule has 23 heavy (non-hydrogen) atoms. The number of nitrogens with one attached hydrogen (secondary N) is 1. The van der Waals surface area contributed by atoms with Gasteiger partial charge in [0.1, 0.15) is 5.56 Å². The van der Waals surface area contributed by atoms with Gasteiger partial charge in [-0.15, -0.1) is 11.3 Å². The summed E-state index contributed by atoms with van der Waals surface area (Å²) in [7, 11) is 1.40. The second kappa shape index (κ2) is 7.05. The molecule has 0 radical (unpaired) electrons. The predicted molar refractivity (Wildman–Crippen MR) is 85.6 cm³/mol. The Balaban J connectivity index is 2.42. The van der Waals surface area contributed by atoms with Crippen molar-refractivity contribution in [2.24, 2.45) is 0 Å². The molecule has 2 rings (SSSR count). The first-order valence-electron chi connectivity index (χ1n) is 6.69. The van der Waals surface area contributed by atoms with Gasteiger partial charge < -0.3 is 9.47 Å². The molecule has 122 valence electrons. The van der Waals surface area contributed by atoms with Gasteiger partial charge in [0.2, 0.25) is 0 Å². The number of amides is 1. The van der Waals surface area contributed by atoms with Crippen LogP contribution in [0.25, 0.3) is 0 Å². The number of methoxy groups -OCH3 is 1. The maximum Gasteiger partial charge on any atom is 0.286 e. The summed E-state index contributed by atoms with van der Waals surface area (Å²) in [5.41, 5.74) is 0.271. The van der Waals surface area contributed by atoms with Crippen molar-refractivity contribution in [2.75, 3.05) is 19.0 Å². The van der Waals surface area contributed by atoms with Gasteiger partial charge in [-0.2, -0.15) is 0 Å². The van der Waals surface area contributed by atoms with Crippen molar-refractivity contribution in [3.8, 4) is 11.5 Å². The van der Waals surface area contributed by atoms with Crippen LogP contribution in [0.4, 0.5) is 10.8 Å². The lowest BCUT2D eigenvalue weighted by Crippen LogP contribution is -2.14. The van der Waals surface area contributed by atoms with Crippen LogP contribution >= 0.6 is 11.3 Å². The highest BCUT2D eigenvalue weighted by Crippen LogP contribution is 2.35. The van der Waals surface area contributed by atoms with E-state index < -0.39 is 10.8 Å². The largest absolute Gasteiger partial charge is 0.493 e. The Bertz CT molecular complexity index is 744. The quantitative estimate of drug-likeness (QED) is 0.642. The molecule has 1 amide bonds. The number of hydrogen-bond donors (Lipinski definition) is 1. The van der Waals surface area contributed by atoms with Gasteiger partial charge in [0, 0.05) is 11.4 Å². The van der Waals surface area contributed by atoms with Crippen LogP contribution in [-0.2, 0) is 0 Å². The van der Waals surface area contributed by atoms with Crippen molar-refractivity contribution in [2.45, 2.75) is 13.8 Å². The van der Waals surface area contributed by atoms with E-state index in [9.17, 15) is 14.9 Å². The molecule has 1 aromatic heterocycles. The summed E-state index contributed by atoms with van der Waals surface area (Å²) >= 11 is 1.24. The van der Waals surface area contributed by atoms with Crippen molar-refractivity contribution in [1.82, 2.24) is 4.98 Å². The monoisotopic (exact) mass is 337 g/mol. The number of anilines is 1. The van der Waals surface area contributed by atoms with E-state index in [1.807, 2.05) is 0 Å². The molecular weight excluding hydrogens is 322 g/mol. The third kappa shape index (κ3) is 3.75. The number of thiazole rings is 1. The minimum atomic E-state index is -0.635. The average Bonchev–Trinajstić information content (AvgIpc) is 2.92. The molecule has 0 aliphatic carbocycles. The number of aryl methyl sites for hydroxylation is 1. The molecule has 9 heteroatoms. The zero-order chi connectivity index (χ0) is 17.0. The lowest BCUT2D eigenvalue weighted by molar-refractivity contribution is -0.385. The molecule has 8 nitrogen and oxygen atoms in total. The second-order valence-electron chi connectivity index (χ2n) is 4.46. The highest BCUT2D eigenvalue weighted by molar-refractivity contribution is 7.13. The van der Waals surface area contributed by atoms with E-state index in [0.29, 0.717) is 11.7 Å². The molecule has 1 heterocycles. The Morgan fingerprint density at radius 3 is 2.70 bits per heavy atom. The first-order chi connectivity index (χ1) is 11.0. The van der Waals surface area contributed by atoms with Crippen LogP contribution < -0.4 is 14.8 Å². The smallest absolute Gasteiger partial charge is 0.286 e. The highest BCUT2D eigenvalue weighted by atomic mass is 32.1. The lowest BCUT2D eigenvalue weighted by Gasteiger charge is -2.11. The highest BCUT2D eigenvalue weighted by Gasteiger charge is 2.25. The van der Waals surface area contributed by atoms with Crippen molar-refractivity contribution in [1.29, 1.82) is 0 Å². The fraction of sp³-hybridized carbons (Fsp3) is 0.286. The molecule has 1 aromatic carbocycles. The Kier molecular flexibility index (Phi) is 5.12. The van der Waals surface area contributed by atoms with Gasteiger partial charge in [-0.25, -0.2) is 4.98 Å². The van der Waals surface area contributed by atoms with Crippen LogP contribution in [0.1, 0.15) is 23.0 Å². The summed E-state index contributed by atoms with van der Waals surface area (Å²) in [5.74, 6) is -0.173. The van der Waals surface area contributed by atoms with Crippen molar-refractivity contribution < 1.29 is 19.2 Å². The van der Waals surface area contributed by atoms with E-state index in [1.54, 1.807) is 19.2 Å². The summed E-state index contributed by atoms with van der Waals surface area (Å²) < 4.78 is 10.4. The number of hydrogen-bond acceptors (Lipinski definition) is 7. The molecule has 1 N–H and O–H groups in total. The van der Waals surface area contributed by atoms with E-state index in [0.717, 1.165) is 5.69 Å². The van der Waals surface area contributed by atoms with Gasteiger partial charge in [-0.3, -0.25) is 20.2 Å². The van der Waals surface area contributed by atoms with Gasteiger partial charge >= 0.3 is 0 Å². The maximum atomic E-state index is 12.3. The fourth-order valence-corrected chi connectivity index (χ4v) is 2.57. The molecule has 0 fully saturated rings. The van der Waals surface area contributed by atoms with Gasteiger partial charge in [0.15, 0.2) is 16.6 Å². The summed E-state index contributed by atoms with van der Waals surface area (Å²) in [5, 5.41) is 15.9. The van der Waals surface area contributed by atoms with Crippen LogP contribution in [-0.4, -0.2) is 29.5 Å². The van der Waals surface area contributed by atoms with Crippen molar-refractivity contribution >= 4 is 28.1 Å². The summed E-state index contributed by atoms with van der Waals surface area (Å²) in [6, 6.07) is 2.48. The number of benzene rings is 1. The fourth-order valence-electron chi connectivity index (χ4n) is 1.89. The molecular formula is C14H15N3O5S. The van der Waals surface area contributed by atoms with Crippen LogP contribution in [0, 0.1) is 17.0 Å². The average molecular weight is 337 g/mol. The normalized spacial score (nSPS) is 10.2. The molecule has 0 unspecified atom stereocenters. The van der Waals surface area contributed by atoms with E-state index in [-0.39, 0.29) is 22.7 Å². The number of nitro benzene ring substituents is 1. The Hall–Kier alpha value is -2.68. The zero-order valence-electron chi connectivity index (χ0n) is 12.8. The number of carbonyl (C=O) groups excluding carboxylic acids is 1. The Morgan fingerprint density at radius 1 is 1.43 bits per heavy atom. The third-order valence-electron chi connectivity index (χ3n) is 2.86. The number of nitrogens with zero attached hydrogens (tertiary/aromatic N) is 2. The Morgan fingerprint density at radius 2 is 2.17 bits per heavy atom. The molecule has 0 saturated heterocycles. The minimum absolute atomic E-state index is 0.122. The SMILES string of the molecule is CCOc1cc([N+](=O)[O-])c(C(=O)Nc2nc(C)cs2)cc1OC. The molecule has 0 spiro atoms. The number of rotatable bonds is 6. The Labute approximate surface area is 136 Å². The van der Waals surface area contributed by atoms with E-state index in [1.165, 1.54) is 30.6 Å². The van der Waals surface area contributed by atoms with Gasteiger partial charge in [-0.05, 0) is 13.8 Å². The predicted octanol–water partition coefficient (Wildman–Crippen LogP) is 3.02. The van der Waals surface area contributed by atoms with Crippen LogP contribution in [0.5, 0.6) is 11.5 Å².